The standard InChI is InChI=1S/C22H22N4S3/c1-16-20(15-29-22-25-18-5-2-3-6-19(18)26-22)24-12-9-21(16)28-14-4-13-27-17-7-10-23-11-8-17/h2-3,5-12H,4,13-15H2,1H3,(H,25,26). The van der Waals surface area contributed by atoms with Gasteiger partial charge in [0.2, 0.25) is 0 Å². The van der Waals surface area contributed by atoms with Crippen molar-refractivity contribution < 1.29 is 0 Å². The topological polar surface area (TPSA) is 54.5 Å². The van der Waals surface area contributed by atoms with Gasteiger partial charge >= 0.3 is 0 Å². The van der Waals surface area contributed by atoms with Crippen LogP contribution in [0.25, 0.3) is 11.0 Å². The lowest BCUT2D eigenvalue weighted by molar-refractivity contribution is 1.05. The third kappa shape index (κ3) is 5.56. The van der Waals surface area contributed by atoms with Crippen LogP contribution in [0.4, 0.5) is 0 Å². The lowest BCUT2D eigenvalue weighted by Gasteiger charge is -2.09. The zero-order valence-corrected chi connectivity index (χ0v) is 18.6. The van der Waals surface area contributed by atoms with Gasteiger partial charge in [-0.05, 0) is 60.7 Å². The first-order chi connectivity index (χ1) is 14.3. The third-order valence-corrected chi connectivity index (χ3v) is 7.67. The fourth-order valence-corrected chi connectivity index (χ4v) is 5.79. The van der Waals surface area contributed by atoms with Crippen molar-refractivity contribution >= 4 is 46.3 Å². The monoisotopic (exact) mass is 438 g/mol. The van der Waals surface area contributed by atoms with Gasteiger partial charge in [0.05, 0.1) is 16.7 Å². The molecule has 148 valence electrons. The summed E-state index contributed by atoms with van der Waals surface area (Å²) in [5.41, 5.74) is 4.50. The van der Waals surface area contributed by atoms with Crippen LogP contribution in [0.3, 0.4) is 0 Å². The largest absolute Gasteiger partial charge is 0.333 e. The molecule has 0 bridgehead atoms. The average Bonchev–Trinajstić information content (AvgIpc) is 3.17. The highest BCUT2D eigenvalue weighted by molar-refractivity contribution is 8.00. The Balaban J connectivity index is 1.28. The quantitative estimate of drug-likeness (QED) is 0.247. The van der Waals surface area contributed by atoms with Crippen LogP contribution in [0.1, 0.15) is 17.7 Å². The van der Waals surface area contributed by atoms with Gasteiger partial charge in [-0.25, -0.2) is 4.98 Å². The number of aromatic nitrogens is 4. The smallest absolute Gasteiger partial charge is 0.166 e. The van der Waals surface area contributed by atoms with Gasteiger partial charge in [-0.1, -0.05) is 23.9 Å². The van der Waals surface area contributed by atoms with Crippen LogP contribution in [-0.2, 0) is 5.75 Å². The molecule has 4 nitrogen and oxygen atoms in total. The molecule has 1 aromatic carbocycles. The van der Waals surface area contributed by atoms with Gasteiger partial charge in [0, 0.05) is 34.1 Å². The molecule has 29 heavy (non-hydrogen) atoms. The number of para-hydroxylation sites is 2. The zero-order valence-electron chi connectivity index (χ0n) is 16.2. The van der Waals surface area contributed by atoms with Crippen LogP contribution >= 0.6 is 35.3 Å². The molecule has 7 heteroatoms. The molecule has 0 aliphatic carbocycles. The van der Waals surface area contributed by atoms with Crippen molar-refractivity contribution in [3.05, 3.63) is 72.3 Å². The predicted octanol–water partition coefficient (Wildman–Crippen LogP) is 6.23. The normalized spacial score (nSPS) is 11.2. The highest BCUT2D eigenvalue weighted by Gasteiger charge is 2.09. The number of thioether (sulfide) groups is 3. The van der Waals surface area contributed by atoms with Crippen molar-refractivity contribution in [3.8, 4) is 0 Å². The predicted molar refractivity (Wildman–Crippen MR) is 125 cm³/mol. The van der Waals surface area contributed by atoms with E-state index in [0.717, 1.165) is 39.1 Å². The van der Waals surface area contributed by atoms with Crippen LogP contribution < -0.4 is 0 Å². The van der Waals surface area contributed by atoms with Crippen LogP contribution in [0, 0.1) is 6.92 Å². The van der Waals surface area contributed by atoms with Crippen LogP contribution in [0.15, 0.2) is 76.0 Å². The minimum absolute atomic E-state index is 0.817. The van der Waals surface area contributed by atoms with Gasteiger partial charge in [0.1, 0.15) is 0 Å². The number of nitrogens with zero attached hydrogens (tertiary/aromatic N) is 3. The molecule has 3 heterocycles. The molecular formula is C22H22N4S3. The van der Waals surface area contributed by atoms with E-state index in [1.54, 1.807) is 11.8 Å². The number of aromatic amines is 1. The first-order valence-corrected chi connectivity index (χ1v) is 12.4. The summed E-state index contributed by atoms with van der Waals surface area (Å²) in [6.45, 7) is 2.18. The summed E-state index contributed by atoms with van der Waals surface area (Å²) >= 11 is 5.52. The van der Waals surface area contributed by atoms with Crippen molar-refractivity contribution in [2.24, 2.45) is 0 Å². The molecule has 3 aromatic heterocycles. The molecule has 4 aromatic rings. The van der Waals surface area contributed by atoms with Gasteiger partial charge in [-0.3, -0.25) is 9.97 Å². The van der Waals surface area contributed by atoms with E-state index < -0.39 is 0 Å². The van der Waals surface area contributed by atoms with E-state index in [1.165, 1.54) is 21.8 Å². The van der Waals surface area contributed by atoms with Crippen molar-refractivity contribution in [2.75, 3.05) is 11.5 Å². The van der Waals surface area contributed by atoms with Crippen LogP contribution in [0.5, 0.6) is 0 Å². The maximum atomic E-state index is 4.64. The van der Waals surface area contributed by atoms with Crippen molar-refractivity contribution in [1.29, 1.82) is 0 Å². The number of imidazole rings is 1. The molecule has 0 radical (unpaired) electrons. The Morgan fingerprint density at radius 1 is 0.897 bits per heavy atom. The fraction of sp³-hybridized carbons (Fsp3) is 0.227. The molecule has 0 aliphatic heterocycles. The second kappa shape index (κ2) is 10.2. The Morgan fingerprint density at radius 3 is 2.59 bits per heavy atom. The summed E-state index contributed by atoms with van der Waals surface area (Å²) in [5.74, 6) is 3.05. The summed E-state index contributed by atoms with van der Waals surface area (Å²) in [5, 5.41) is 0.943. The molecule has 0 aliphatic rings. The van der Waals surface area contributed by atoms with Crippen LogP contribution in [0.2, 0.25) is 0 Å². The number of pyridine rings is 2. The second-order valence-electron chi connectivity index (χ2n) is 6.46. The van der Waals surface area contributed by atoms with Gasteiger partial charge in [0.15, 0.2) is 5.16 Å². The molecule has 0 saturated carbocycles. The van der Waals surface area contributed by atoms with E-state index in [-0.39, 0.29) is 0 Å². The maximum Gasteiger partial charge on any atom is 0.166 e. The van der Waals surface area contributed by atoms with E-state index in [4.69, 9.17) is 0 Å². The van der Waals surface area contributed by atoms with Gasteiger partial charge in [-0.15, -0.1) is 23.5 Å². The minimum Gasteiger partial charge on any atom is -0.333 e. The third-order valence-electron chi connectivity index (χ3n) is 4.44. The number of hydrogen-bond acceptors (Lipinski definition) is 6. The molecular weight excluding hydrogens is 416 g/mol. The summed E-state index contributed by atoms with van der Waals surface area (Å²) in [6.07, 6.45) is 6.79. The number of benzene rings is 1. The van der Waals surface area contributed by atoms with Gasteiger partial charge in [-0.2, -0.15) is 0 Å². The number of fused-ring (bicyclic) bond motifs is 1. The lowest BCUT2D eigenvalue weighted by atomic mass is 10.2. The molecule has 4 rings (SSSR count). The van der Waals surface area contributed by atoms with E-state index in [0.29, 0.717) is 0 Å². The Labute approximate surface area is 183 Å². The molecule has 0 saturated heterocycles. The Bertz CT molecular complexity index is 1030. The lowest BCUT2D eigenvalue weighted by Crippen LogP contribution is -1.95. The number of H-pyrrole nitrogens is 1. The number of hydrogen-bond donors (Lipinski definition) is 1. The number of nitrogens with one attached hydrogen (secondary N) is 1. The Hall–Kier alpha value is -1.96. The first kappa shape index (κ1) is 20.3. The van der Waals surface area contributed by atoms with Crippen LogP contribution in [-0.4, -0.2) is 31.4 Å². The maximum absolute atomic E-state index is 4.64. The van der Waals surface area contributed by atoms with E-state index in [9.17, 15) is 0 Å². The molecule has 0 unspecified atom stereocenters. The molecule has 0 spiro atoms. The van der Waals surface area contributed by atoms with Crippen molar-refractivity contribution in [3.63, 3.8) is 0 Å². The van der Waals surface area contributed by atoms with Gasteiger partial charge in [0.25, 0.3) is 0 Å². The highest BCUT2D eigenvalue weighted by atomic mass is 32.2. The Morgan fingerprint density at radius 2 is 1.72 bits per heavy atom. The van der Waals surface area contributed by atoms with Gasteiger partial charge < -0.3 is 4.98 Å². The molecule has 1 N–H and O–H groups in total. The number of rotatable bonds is 9. The van der Waals surface area contributed by atoms with E-state index in [2.05, 4.69) is 51.1 Å². The van der Waals surface area contributed by atoms with E-state index in [1.807, 2.05) is 60.3 Å². The SMILES string of the molecule is Cc1c(SCCCSc2ccncc2)ccnc1CSc1nc2ccccc2[nH]1. The summed E-state index contributed by atoms with van der Waals surface area (Å²) < 4.78 is 0. The van der Waals surface area contributed by atoms with Crippen molar-refractivity contribution in [2.45, 2.75) is 34.0 Å². The molecule has 0 atom stereocenters. The van der Waals surface area contributed by atoms with E-state index >= 15 is 0 Å². The Kier molecular flexibility index (Phi) is 7.14. The molecule has 0 amide bonds. The fourth-order valence-electron chi connectivity index (χ4n) is 2.86. The average molecular weight is 439 g/mol. The summed E-state index contributed by atoms with van der Waals surface area (Å²) in [4.78, 5) is 19.3. The summed E-state index contributed by atoms with van der Waals surface area (Å²) in [6, 6.07) is 14.4. The highest BCUT2D eigenvalue weighted by Crippen LogP contribution is 2.29. The first-order valence-electron chi connectivity index (χ1n) is 9.47. The zero-order chi connectivity index (χ0) is 19.9. The second-order valence-corrected chi connectivity index (χ2v) is 9.73. The van der Waals surface area contributed by atoms with Crippen molar-refractivity contribution in [1.82, 2.24) is 19.9 Å². The summed E-state index contributed by atoms with van der Waals surface area (Å²) in [7, 11) is 0. The minimum atomic E-state index is 0.817. The molecule has 0 fully saturated rings.